The Hall–Kier alpha value is -2.21. The van der Waals surface area contributed by atoms with Crippen LogP contribution in [0.4, 0.5) is 0 Å². The van der Waals surface area contributed by atoms with Gasteiger partial charge in [-0.3, -0.25) is 4.98 Å². The predicted octanol–water partition coefficient (Wildman–Crippen LogP) is 2.10. The predicted molar refractivity (Wildman–Crippen MR) is 62.7 cm³/mol. The van der Waals surface area contributed by atoms with Gasteiger partial charge in [-0.25, -0.2) is 14.8 Å². The van der Waals surface area contributed by atoms with Gasteiger partial charge in [0.1, 0.15) is 17.2 Å². The normalized spacial score (nSPS) is 9.89. The van der Waals surface area contributed by atoms with Crippen molar-refractivity contribution in [1.29, 1.82) is 0 Å². The highest BCUT2D eigenvalue weighted by Gasteiger charge is 2.08. The Morgan fingerprint density at radius 2 is 2.11 bits per heavy atom. The molecule has 0 amide bonds. The molecule has 0 N–H and O–H groups in total. The van der Waals surface area contributed by atoms with Gasteiger partial charge < -0.3 is 9.47 Å². The van der Waals surface area contributed by atoms with E-state index in [-0.39, 0.29) is 16.6 Å². The number of ether oxygens (including phenoxy) is 2. The van der Waals surface area contributed by atoms with Crippen molar-refractivity contribution in [3.05, 3.63) is 41.6 Å². The zero-order chi connectivity index (χ0) is 13.0. The fraction of sp³-hybridized carbons (Fsp3) is 0.0909. The van der Waals surface area contributed by atoms with Crippen LogP contribution in [0.15, 0.2) is 30.9 Å². The average Bonchev–Trinajstić information content (AvgIpc) is 2.38. The summed E-state index contributed by atoms with van der Waals surface area (Å²) in [5.74, 6) is 0.125. The molecule has 0 aliphatic heterocycles. The van der Waals surface area contributed by atoms with Crippen molar-refractivity contribution in [3.8, 4) is 11.6 Å². The molecule has 2 heterocycles. The molecule has 6 nitrogen and oxygen atoms in total. The zero-order valence-electron chi connectivity index (χ0n) is 9.33. The monoisotopic (exact) mass is 265 g/mol. The van der Waals surface area contributed by atoms with Gasteiger partial charge in [0.15, 0.2) is 0 Å². The van der Waals surface area contributed by atoms with E-state index < -0.39 is 5.97 Å². The third kappa shape index (κ3) is 2.92. The summed E-state index contributed by atoms with van der Waals surface area (Å²) >= 11 is 5.69. The van der Waals surface area contributed by atoms with E-state index in [9.17, 15) is 4.79 Å². The number of pyridine rings is 1. The number of nitrogens with zero attached hydrogens (tertiary/aromatic N) is 3. The number of carbonyl (C=O) groups is 1. The van der Waals surface area contributed by atoms with E-state index in [2.05, 4.69) is 19.7 Å². The van der Waals surface area contributed by atoms with Crippen molar-refractivity contribution in [2.75, 3.05) is 7.11 Å². The molecular weight excluding hydrogens is 258 g/mol. The van der Waals surface area contributed by atoms with Gasteiger partial charge in [-0.05, 0) is 6.07 Å². The van der Waals surface area contributed by atoms with Crippen LogP contribution in [0.3, 0.4) is 0 Å². The van der Waals surface area contributed by atoms with Gasteiger partial charge in [0.25, 0.3) is 0 Å². The number of methoxy groups -OCH3 is 1. The molecule has 0 radical (unpaired) electrons. The summed E-state index contributed by atoms with van der Waals surface area (Å²) in [6.45, 7) is 0. The molecule has 0 bridgehead atoms. The van der Waals surface area contributed by atoms with E-state index in [1.807, 2.05) is 0 Å². The van der Waals surface area contributed by atoms with E-state index in [1.165, 1.54) is 38.0 Å². The number of aromatic nitrogens is 3. The smallest absolute Gasteiger partial charge is 0.339 e. The molecular formula is C11H8ClN3O3. The molecule has 18 heavy (non-hydrogen) atoms. The van der Waals surface area contributed by atoms with E-state index in [0.29, 0.717) is 5.75 Å². The summed E-state index contributed by atoms with van der Waals surface area (Å²) in [4.78, 5) is 22.8. The van der Waals surface area contributed by atoms with Gasteiger partial charge in [-0.15, -0.1) is 0 Å². The molecule has 2 rings (SSSR count). The number of carbonyl (C=O) groups excluding carboxylic acids is 1. The van der Waals surface area contributed by atoms with Crippen LogP contribution in [-0.4, -0.2) is 28.0 Å². The maximum absolute atomic E-state index is 11.3. The van der Waals surface area contributed by atoms with Crippen molar-refractivity contribution < 1.29 is 14.3 Å². The van der Waals surface area contributed by atoms with Gasteiger partial charge >= 0.3 is 5.97 Å². The minimum Gasteiger partial charge on any atom is -0.465 e. The molecule has 7 heteroatoms. The highest BCUT2D eigenvalue weighted by atomic mass is 35.5. The number of halogens is 1. The molecule has 0 spiro atoms. The van der Waals surface area contributed by atoms with Crippen LogP contribution >= 0.6 is 11.6 Å². The lowest BCUT2D eigenvalue weighted by Crippen LogP contribution is -2.02. The largest absolute Gasteiger partial charge is 0.465 e. The molecule has 0 unspecified atom stereocenters. The second-order valence-electron chi connectivity index (χ2n) is 3.18. The molecule has 0 aromatic carbocycles. The lowest BCUT2D eigenvalue weighted by Gasteiger charge is -2.05. The highest BCUT2D eigenvalue weighted by Crippen LogP contribution is 2.20. The summed E-state index contributed by atoms with van der Waals surface area (Å²) in [5.41, 5.74) is 0.287. The van der Waals surface area contributed by atoms with Crippen molar-refractivity contribution in [3.63, 3.8) is 0 Å². The van der Waals surface area contributed by atoms with E-state index >= 15 is 0 Å². The average molecular weight is 266 g/mol. The lowest BCUT2D eigenvalue weighted by molar-refractivity contribution is 0.0600. The molecule has 0 saturated carbocycles. The van der Waals surface area contributed by atoms with Crippen LogP contribution in [0.1, 0.15) is 10.4 Å². The number of rotatable bonds is 3. The van der Waals surface area contributed by atoms with Crippen LogP contribution in [0.5, 0.6) is 11.6 Å². The third-order valence-corrected chi connectivity index (χ3v) is 2.17. The van der Waals surface area contributed by atoms with Gasteiger partial charge in [-0.1, -0.05) is 11.6 Å². The number of hydrogen-bond donors (Lipinski definition) is 0. The maximum Gasteiger partial charge on any atom is 0.339 e. The Morgan fingerprint density at radius 3 is 2.83 bits per heavy atom. The quantitative estimate of drug-likeness (QED) is 0.625. The second kappa shape index (κ2) is 5.42. The van der Waals surface area contributed by atoms with Gasteiger partial charge in [0.2, 0.25) is 5.88 Å². The summed E-state index contributed by atoms with van der Waals surface area (Å²) in [6, 6.07) is 2.95. The second-order valence-corrected chi connectivity index (χ2v) is 3.57. The van der Waals surface area contributed by atoms with Crippen molar-refractivity contribution in [2.45, 2.75) is 0 Å². The van der Waals surface area contributed by atoms with Gasteiger partial charge in [-0.2, -0.15) is 0 Å². The van der Waals surface area contributed by atoms with Crippen LogP contribution in [0.25, 0.3) is 0 Å². The minimum atomic E-state index is -0.492. The Morgan fingerprint density at radius 1 is 1.28 bits per heavy atom. The molecule has 0 atom stereocenters. The van der Waals surface area contributed by atoms with Crippen molar-refractivity contribution in [1.82, 2.24) is 15.0 Å². The molecule has 2 aromatic rings. The van der Waals surface area contributed by atoms with E-state index in [4.69, 9.17) is 16.3 Å². The van der Waals surface area contributed by atoms with Crippen LogP contribution in [0.2, 0.25) is 5.15 Å². The molecule has 0 aliphatic carbocycles. The standard InChI is InChI=1S/C11H8ClN3O3/c1-17-11(16)7-2-8(5-13-4-7)18-10-3-9(12)14-6-15-10/h2-6H,1H3. The third-order valence-electron chi connectivity index (χ3n) is 1.97. The Bertz CT molecular complexity index is 577. The van der Waals surface area contributed by atoms with Crippen molar-refractivity contribution in [2.24, 2.45) is 0 Å². The number of esters is 1. The highest BCUT2D eigenvalue weighted by molar-refractivity contribution is 6.29. The fourth-order valence-electron chi connectivity index (χ4n) is 1.20. The van der Waals surface area contributed by atoms with E-state index in [1.54, 1.807) is 0 Å². The summed E-state index contributed by atoms with van der Waals surface area (Å²) in [7, 11) is 1.29. The van der Waals surface area contributed by atoms with Crippen LogP contribution in [-0.2, 0) is 4.74 Å². The first-order valence-electron chi connectivity index (χ1n) is 4.88. The molecule has 2 aromatic heterocycles. The maximum atomic E-state index is 11.3. The molecule has 0 saturated heterocycles. The van der Waals surface area contributed by atoms with Crippen molar-refractivity contribution >= 4 is 17.6 Å². The summed E-state index contributed by atoms with van der Waals surface area (Å²) in [5, 5.41) is 0.261. The summed E-state index contributed by atoms with van der Waals surface area (Å²) in [6.07, 6.45) is 4.10. The first-order valence-corrected chi connectivity index (χ1v) is 5.25. The molecule has 0 aliphatic rings. The van der Waals surface area contributed by atoms with Gasteiger partial charge in [0.05, 0.1) is 18.9 Å². The first kappa shape index (κ1) is 12.3. The minimum absolute atomic E-state index is 0.261. The topological polar surface area (TPSA) is 74.2 Å². The van der Waals surface area contributed by atoms with Crippen LogP contribution in [0, 0.1) is 0 Å². The Balaban J connectivity index is 2.22. The summed E-state index contributed by atoms with van der Waals surface area (Å²) < 4.78 is 9.97. The lowest BCUT2D eigenvalue weighted by atomic mass is 10.3. The molecule has 0 fully saturated rings. The number of hydrogen-bond acceptors (Lipinski definition) is 6. The first-order chi connectivity index (χ1) is 8.69. The fourth-order valence-corrected chi connectivity index (χ4v) is 1.34. The van der Waals surface area contributed by atoms with Crippen LogP contribution < -0.4 is 4.74 Å². The Labute approximate surface area is 108 Å². The molecule has 92 valence electrons. The van der Waals surface area contributed by atoms with Gasteiger partial charge in [0, 0.05) is 12.3 Å². The zero-order valence-corrected chi connectivity index (χ0v) is 10.1. The van der Waals surface area contributed by atoms with E-state index in [0.717, 1.165) is 0 Å². The Kier molecular flexibility index (Phi) is 3.69. The SMILES string of the molecule is COC(=O)c1cncc(Oc2cc(Cl)ncn2)c1.